The van der Waals surface area contributed by atoms with Crippen LogP contribution in [-0.4, -0.2) is 124 Å². The number of hydrogen-bond donors (Lipinski definition) is 9. The van der Waals surface area contributed by atoms with Gasteiger partial charge in [-0.3, -0.25) is 4.79 Å². The highest BCUT2D eigenvalue weighted by atomic mass is 16.5. The topological polar surface area (TPSA) is 215 Å². The number of nitrogens with one attached hydrogen (secondary N) is 1. The maximum atomic E-state index is 11.7. The minimum atomic E-state index is -2.15. The molecular weight excluding hydrogens is 356 g/mol. The minimum absolute atomic E-state index is 0.00397. The van der Waals surface area contributed by atoms with Crippen molar-refractivity contribution in [1.29, 1.82) is 0 Å². The second kappa shape index (κ2) is 14.2. The molecule has 6 unspecified atom stereocenters. The third-order valence-electron chi connectivity index (χ3n) is 3.40. The van der Waals surface area contributed by atoms with Gasteiger partial charge in [0.15, 0.2) is 6.10 Å². The summed E-state index contributed by atoms with van der Waals surface area (Å²) in [6.07, 6.45) is -12.3. The van der Waals surface area contributed by atoms with E-state index in [1.807, 2.05) is 0 Å². The lowest BCUT2D eigenvalue weighted by Crippen LogP contribution is -2.55. The van der Waals surface area contributed by atoms with E-state index in [1.165, 1.54) is 0 Å². The Kier molecular flexibility index (Phi) is 13.7. The van der Waals surface area contributed by atoms with Gasteiger partial charge in [-0.25, -0.2) is 0 Å². The first-order valence-corrected chi connectivity index (χ1v) is 8.10. The van der Waals surface area contributed by atoms with E-state index in [1.54, 1.807) is 0 Å². The number of aliphatic hydroxyl groups excluding tert-OH is 7. The lowest BCUT2D eigenvalue weighted by atomic mass is 9.96. The number of amides is 1. The number of aliphatic hydroxyl groups is 7. The summed E-state index contributed by atoms with van der Waals surface area (Å²) in [5.41, 5.74) is 5.23. The summed E-state index contributed by atoms with van der Waals surface area (Å²) in [6, 6.07) is 0. The maximum Gasteiger partial charge on any atom is 0.251 e. The van der Waals surface area contributed by atoms with Crippen molar-refractivity contribution in [2.75, 3.05) is 46.1 Å². The highest BCUT2D eigenvalue weighted by Crippen LogP contribution is 2.11. The van der Waals surface area contributed by atoms with E-state index in [4.69, 9.17) is 20.3 Å². The standard InChI is InChI=1S/C14H30N2O10/c15-1-3-25-5-6-26-4-2-16-14(24)13(23)12(22)11(21)10(20)9(19)8(18)7-17/h8-13,17-23H,1-7,15H2,(H,16,24). The lowest BCUT2D eigenvalue weighted by molar-refractivity contribution is -0.165. The number of carbonyl (C=O) groups excluding carboxylic acids is 1. The summed E-state index contributed by atoms with van der Waals surface area (Å²) in [6.45, 7) is 0.614. The van der Waals surface area contributed by atoms with E-state index in [0.29, 0.717) is 19.8 Å². The van der Waals surface area contributed by atoms with Gasteiger partial charge < -0.3 is 56.3 Å². The van der Waals surface area contributed by atoms with Crippen LogP contribution in [0.1, 0.15) is 0 Å². The van der Waals surface area contributed by atoms with Crippen LogP contribution in [0.15, 0.2) is 0 Å². The highest BCUT2D eigenvalue weighted by Gasteiger charge is 2.39. The molecule has 0 aromatic carbocycles. The van der Waals surface area contributed by atoms with Crippen LogP contribution < -0.4 is 11.1 Å². The van der Waals surface area contributed by atoms with Crippen molar-refractivity contribution >= 4 is 5.91 Å². The van der Waals surface area contributed by atoms with Gasteiger partial charge in [0.1, 0.15) is 30.5 Å². The van der Waals surface area contributed by atoms with Crippen LogP contribution >= 0.6 is 0 Å². The van der Waals surface area contributed by atoms with Gasteiger partial charge in [0.25, 0.3) is 5.91 Å². The molecule has 0 spiro atoms. The van der Waals surface area contributed by atoms with Crippen molar-refractivity contribution in [3.63, 3.8) is 0 Å². The molecule has 1 amide bonds. The highest BCUT2D eigenvalue weighted by molar-refractivity contribution is 5.81. The Balaban J connectivity index is 4.17. The molecule has 0 radical (unpaired) electrons. The van der Waals surface area contributed by atoms with E-state index in [-0.39, 0.29) is 19.8 Å². The van der Waals surface area contributed by atoms with E-state index in [2.05, 4.69) is 5.32 Å². The summed E-state index contributed by atoms with van der Waals surface area (Å²) in [5.74, 6) is -1.04. The molecule has 0 aromatic rings. The molecule has 0 aliphatic rings. The second-order valence-electron chi connectivity index (χ2n) is 5.46. The first-order chi connectivity index (χ1) is 12.3. The molecule has 10 N–H and O–H groups in total. The van der Waals surface area contributed by atoms with Crippen molar-refractivity contribution in [3.05, 3.63) is 0 Å². The molecule has 0 bridgehead atoms. The Morgan fingerprint density at radius 1 is 0.846 bits per heavy atom. The van der Waals surface area contributed by atoms with Crippen LogP contribution in [0.4, 0.5) is 0 Å². The van der Waals surface area contributed by atoms with Gasteiger partial charge in [-0.1, -0.05) is 0 Å². The lowest BCUT2D eigenvalue weighted by Gasteiger charge is -2.30. The first kappa shape index (κ1) is 25.1. The van der Waals surface area contributed by atoms with Crippen molar-refractivity contribution in [2.24, 2.45) is 5.73 Å². The average Bonchev–Trinajstić information content (AvgIpc) is 2.65. The third kappa shape index (κ3) is 9.14. The smallest absolute Gasteiger partial charge is 0.251 e. The molecule has 12 heteroatoms. The fourth-order valence-corrected chi connectivity index (χ4v) is 1.84. The van der Waals surface area contributed by atoms with Gasteiger partial charge in [0, 0.05) is 13.1 Å². The van der Waals surface area contributed by atoms with Gasteiger partial charge in [-0.05, 0) is 0 Å². The minimum Gasteiger partial charge on any atom is -0.394 e. The van der Waals surface area contributed by atoms with Gasteiger partial charge >= 0.3 is 0 Å². The van der Waals surface area contributed by atoms with E-state index in [0.717, 1.165) is 0 Å². The van der Waals surface area contributed by atoms with Crippen LogP contribution in [0.3, 0.4) is 0 Å². The van der Waals surface area contributed by atoms with Crippen molar-refractivity contribution in [2.45, 2.75) is 36.6 Å². The second-order valence-corrected chi connectivity index (χ2v) is 5.46. The maximum absolute atomic E-state index is 11.7. The molecule has 156 valence electrons. The number of hydrogen-bond acceptors (Lipinski definition) is 11. The van der Waals surface area contributed by atoms with Gasteiger partial charge in [0.2, 0.25) is 0 Å². The number of rotatable bonds is 15. The molecule has 0 aromatic heterocycles. The first-order valence-electron chi connectivity index (χ1n) is 8.10. The molecule has 0 heterocycles. The quantitative estimate of drug-likeness (QED) is 0.121. The van der Waals surface area contributed by atoms with Crippen molar-refractivity contribution < 1.29 is 50.0 Å². The molecule has 0 rings (SSSR count). The summed E-state index contributed by atoms with van der Waals surface area (Å²) in [7, 11) is 0. The van der Waals surface area contributed by atoms with Crippen LogP contribution in [0, 0.1) is 0 Å². The molecule has 0 saturated carbocycles. The van der Waals surface area contributed by atoms with Gasteiger partial charge in [0.05, 0.1) is 33.0 Å². The van der Waals surface area contributed by atoms with Crippen LogP contribution in [0.2, 0.25) is 0 Å². The molecule has 6 atom stereocenters. The van der Waals surface area contributed by atoms with Gasteiger partial charge in [-0.2, -0.15) is 0 Å². The molecule has 0 aliphatic carbocycles. The number of ether oxygens (including phenoxy) is 2. The Morgan fingerprint density at radius 2 is 1.38 bits per heavy atom. The van der Waals surface area contributed by atoms with Crippen LogP contribution in [-0.2, 0) is 14.3 Å². The Morgan fingerprint density at radius 3 is 1.92 bits per heavy atom. The molecule has 0 saturated heterocycles. The normalized spacial score (nSPS) is 18.6. The fraction of sp³-hybridized carbons (Fsp3) is 0.929. The van der Waals surface area contributed by atoms with Crippen molar-refractivity contribution in [3.8, 4) is 0 Å². The Labute approximate surface area is 150 Å². The van der Waals surface area contributed by atoms with Crippen molar-refractivity contribution in [1.82, 2.24) is 5.32 Å². The third-order valence-corrected chi connectivity index (χ3v) is 3.40. The molecule has 0 aliphatic heterocycles. The molecule has 12 nitrogen and oxygen atoms in total. The van der Waals surface area contributed by atoms with Crippen LogP contribution in [0.5, 0.6) is 0 Å². The predicted octanol–water partition coefficient (Wildman–Crippen LogP) is -5.75. The predicted molar refractivity (Wildman–Crippen MR) is 86.8 cm³/mol. The molecular formula is C14H30N2O10. The summed E-state index contributed by atoms with van der Waals surface area (Å²) in [4.78, 5) is 11.7. The Bertz CT molecular complexity index is 376. The molecule has 0 fully saturated rings. The van der Waals surface area contributed by atoms with Gasteiger partial charge in [-0.15, -0.1) is 0 Å². The zero-order valence-corrected chi connectivity index (χ0v) is 14.3. The number of carbonyl (C=O) groups is 1. The molecule has 26 heavy (non-hydrogen) atoms. The Hall–Kier alpha value is -0.930. The summed E-state index contributed by atoms with van der Waals surface area (Å²) >= 11 is 0. The monoisotopic (exact) mass is 386 g/mol. The summed E-state index contributed by atoms with van der Waals surface area (Å²) < 4.78 is 10.2. The SMILES string of the molecule is NCCOCCOCCNC(=O)C(O)C(O)C(O)C(O)C(O)C(O)CO. The summed E-state index contributed by atoms with van der Waals surface area (Å²) in [5, 5.41) is 68.3. The van der Waals surface area contributed by atoms with E-state index >= 15 is 0 Å². The zero-order valence-electron chi connectivity index (χ0n) is 14.3. The van der Waals surface area contributed by atoms with Crippen LogP contribution in [0.25, 0.3) is 0 Å². The number of nitrogens with two attached hydrogens (primary N) is 1. The largest absolute Gasteiger partial charge is 0.394 e. The van der Waals surface area contributed by atoms with E-state index < -0.39 is 49.1 Å². The zero-order chi connectivity index (χ0) is 20.1. The van der Waals surface area contributed by atoms with E-state index in [9.17, 15) is 35.4 Å². The fourth-order valence-electron chi connectivity index (χ4n) is 1.84. The average molecular weight is 386 g/mol.